The standard InChI is InChI=1S/C27H33NO6S/c1-7-33-26(32)28-14-21(22(15-28)23(29)18-8-10-20(35-6)11-9-18)19-12-16(2)24(17(3)13-19)34-27(4,5)25(30)31/h8-13,21-22H,7,14-15H2,1-6H3,(H,30,31)/t21-,22+/m0/s1. The van der Waals surface area contributed by atoms with Gasteiger partial charge in [0, 0.05) is 35.4 Å². The van der Waals surface area contributed by atoms with Crippen molar-refractivity contribution in [2.24, 2.45) is 5.92 Å². The maximum Gasteiger partial charge on any atom is 0.409 e. The summed E-state index contributed by atoms with van der Waals surface area (Å²) in [6.07, 6.45) is 1.55. The highest BCUT2D eigenvalue weighted by Crippen LogP contribution is 2.39. The summed E-state index contributed by atoms with van der Waals surface area (Å²) in [5, 5.41) is 9.46. The summed E-state index contributed by atoms with van der Waals surface area (Å²) in [7, 11) is 0. The van der Waals surface area contributed by atoms with Gasteiger partial charge in [0.15, 0.2) is 11.4 Å². The van der Waals surface area contributed by atoms with E-state index in [9.17, 15) is 19.5 Å². The van der Waals surface area contributed by atoms with E-state index in [0.717, 1.165) is 21.6 Å². The Kier molecular flexibility index (Phi) is 8.15. The van der Waals surface area contributed by atoms with Gasteiger partial charge in [0.05, 0.1) is 6.61 Å². The molecule has 1 fully saturated rings. The van der Waals surface area contributed by atoms with E-state index >= 15 is 0 Å². The first-order valence-corrected chi connectivity index (χ1v) is 12.8. The molecular formula is C27H33NO6S. The molecule has 1 N–H and O–H groups in total. The molecule has 8 heteroatoms. The Morgan fingerprint density at radius 2 is 1.69 bits per heavy atom. The fourth-order valence-electron chi connectivity index (χ4n) is 4.40. The lowest BCUT2D eigenvalue weighted by Crippen LogP contribution is -2.38. The molecule has 1 aliphatic heterocycles. The second-order valence-electron chi connectivity index (χ2n) is 9.31. The van der Waals surface area contributed by atoms with Crippen molar-refractivity contribution in [1.29, 1.82) is 0 Å². The third kappa shape index (κ3) is 5.81. The van der Waals surface area contributed by atoms with Crippen molar-refractivity contribution in [3.05, 3.63) is 58.7 Å². The first kappa shape index (κ1) is 26.6. The van der Waals surface area contributed by atoms with Crippen LogP contribution in [0.25, 0.3) is 0 Å². The number of hydrogen-bond donors (Lipinski definition) is 1. The predicted molar refractivity (Wildman–Crippen MR) is 136 cm³/mol. The van der Waals surface area contributed by atoms with Crippen LogP contribution in [0.15, 0.2) is 41.3 Å². The molecule has 0 bridgehead atoms. The summed E-state index contributed by atoms with van der Waals surface area (Å²) in [6.45, 7) is 9.39. The van der Waals surface area contributed by atoms with Crippen molar-refractivity contribution in [2.45, 2.75) is 51.0 Å². The molecule has 2 atom stereocenters. The van der Waals surface area contributed by atoms with E-state index in [1.165, 1.54) is 13.8 Å². The smallest absolute Gasteiger partial charge is 0.409 e. The molecule has 7 nitrogen and oxygen atoms in total. The van der Waals surface area contributed by atoms with Gasteiger partial charge in [-0.15, -0.1) is 11.8 Å². The molecule has 0 saturated carbocycles. The monoisotopic (exact) mass is 499 g/mol. The SMILES string of the molecule is CCOC(=O)N1C[C@@H](C(=O)c2ccc(SC)cc2)[C@H](c2cc(C)c(OC(C)(C)C(=O)O)c(C)c2)C1. The molecule has 1 amide bonds. The number of ketones is 1. The van der Waals surface area contributed by atoms with Crippen LogP contribution >= 0.6 is 11.8 Å². The van der Waals surface area contributed by atoms with Crippen LogP contribution in [0.5, 0.6) is 5.75 Å². The topological polar surface area (TPSA) is 93.1 Å². The van der Waals surface area contributed by atoms with Crippen LogP contribution < -0.4 is 4.74 Å². The van der Waals surface area contributed by atoms with Gasteiger partial charge < -0.3 is 19.5 Å². The van der Waals surface area contributed by atoms with E-state index in [1.54, 1.807) is 23.6 Å². The van der Waals surface area contributed by atoms with Crippen LogP contribution in [0.2, 0.25) is 0 Å². The number of aliphatic carboxylic acids is 1. The molecule has 1 heterocycles. The molecule has 3 rings (SSSR count). The lowest BCUT2D eigenvalue weighted by Gasteiger charge is -2.26. The Balaban J connectivity index is 1.97. The Morgan fingerprint density at radius 3 is 2.20 bits per heavy atom. The number of likely N-dealkylation sites (tertiary alicyclic amines) is 1. The number of ether oxygens (including phenoxy) is 2. The fourth-order valence-corrected chi connectivity index (χ4v) is 4.81. The number of Topliss-reactive ketones (excluding diaryl/α,β-unsaturated/α-hetero) is 1. The predicted octanol–water partition coefficient (Wildman–Crippen LogP) is 5.32. The first-order chi connectivity index (χ1) is 16.5. The Hall–Kier alpha value is -3.00. The van der Waals surface area contributed by atoms with Gasteiger partial charge in [0.1, 0.15) is 5.75 Å². The van der Waals surface area contributed by atoms with Crippen molar-refractivity contribution in [3.63, 3.8) is 0 Å². The van der Waals surface area contributed by atoms with E-state index in [-0.39, 0.29) is 24.9 Å². The normalized spacial score (nSPS) is 17.8. The van der Waals surface area contributed by atoms with Gasteiger partial charge in [-0.2, -0.15) is 0 Å². The molecule has 2 aromatic carbocycles. The summed E-state index contributed by atoms with van der Waals surface area (Å²) in [6, 6.07) is 11.4. The Morgan fingerprint density at radius 1 is 1.09 bits per heavy atom. The zero-order valence-corrected chi connectivity index (χ0v) is 21.9. The zero-order chi connectivity index (χ0) is 25.9. The largest absolute Gasteiger partial charge is 0.478 e. The number of carbonyl (C=O) groups excluding carboxylic acids is 2. The van der Waals surface area contributed by atoms with Crippen LogP contribution in [0.4, 0.5) is 4.79 Å². The van der Waals surface area contributed by atoms with Crippen LogP contribution in [0.1, 0.15) is 53.7 Å². The van der Waals surface area contributed by atoms with Gasteiger partial charge in [0.25, 0.3) is 0 Å². The minimum atomic E-state index is -1.38. The number of nitrogens with zero attached hydrogens (tertiary/aromatic N) is 1. The van der Waals surface area contributed by atoms with E-state index in [4.69, 9.17) is 9.47 Å². The molecular weight excluding hydrogens is 466 g/mol. The molecule has 1 aliphatic rings. The van der Waals surface area contributed by atoms with Crippen molar-refractivity contribution in [2.75, 3.05) is 26.0 Å². The minimum absolute atomic E-state index is 0.0166. The average Bonchev–Trinajstić information content (AvgIpc) is 3.26. The maximum atomic E-state index is 13.6. The summed E-state index contributed by atoms with van der Waals surface area (Å²) < 4.78 is 11.1. The highest BCUT2D eigenvalue weighted by Gasteiger charge is 2.41. The van der Waals surface area contributed by atoms with E-state index in [0.29, 0.717) is 17.9 Å². The molecule has 0 radical (unpaired) electrons. The van der Waals surface area contributed by atoms with Crippen LogP contribution in [-0.2, 0) is 9.53 Å². The van der Waals surface area contributed by atoms with Crippen molar-refractivity contribution < 1.29 is 29.0 Å². The highest BCUT2D eigenvalue weighted by atomic mass is 32.2. The first-order valence-electron chi connectivity index (χ1n) is 11.6. The van der Waals surface area contributed by atoms with Gasteiger partial charge >= 0.3 is 12.1 Å². The van der Waals surface area contributed by atoms with Gasteiger partial charge in [-0.05, 0) is 69.7 Å². The van der Waals surface area contributed by atoms with Crippen molar-refractivity contribution in [3.8, 4) is 5.75 Å². The van der Waals surface area contributed by atoms with E-state index in [1.807, 2.05) is 56.5 Å². The number of amides is 1. The number of carboxylic acid groups (broad SMARTS) is 1. The molecule has 2 aromatic rings. The zero-order valence-electron chi connectivity index (χ0n) is 21.1. The number of carboxylic acids is 1. The van der Waals surface area contributed by atoms with E-state index in [2.05, 4.69) is 0 Å². The third-order valence-electron chi connectivity index (χ3n) is 6.34. The summed E-state index contributed by atoms with van der Waals surface area (Å²) in [4.78, 5) is 40.3. The number of thioether (sulfide) groups is 1. The number of hydrogen-bond acceptors (Lipinski definition) is 6. The molecule has 1 saturated heterocycles. The van der Waals surface area contributed by atoms with Crippen molar-refractivity contribution >= 4 is 29.6 Å². The lowest BCUT2D eigenvalue weighted by molar-refractivity contribution is -0.152. The third-order valence-corrected chi connectivity index (χ3v) is 7.08. The summed E-state index contributed by atoms with van der Waals surface area (Å²) >= 11 is 1.61. The van der Waals surface area contributed by atoms with E-state index < -0.39 is 23.6 Å². The second kappa shape index (κ2) is 10.7. The van der Waals surface area contributed by atoms with Gasteiger partial charge in [-0.3, -0.25) is 4.79 Å². The second-order valence-corrected chi connectivity index (χ2v) is 10.2. The Bertz CT molecular complexity index is 1090. The molecule has 0 aliphatic carbocycles. The lowest BCUT2D eigenvalue weighted by atomic mass is 9.82. The number of rotatable bonds is 8. The van der Waals surface area contributed by atoms with Crippen LogP contribution in [0, 0.1) is 19.8 Å². The van der Waals surface area contributed by atoms with Gasteiger partial charge in [-0.1, -0.05) is 24.3 Å². The molecule has 188 valence electrons. The Labute approximate surface area is 210 Å². The van der Waals surface area contributed by atoms with Gasteiger partial charge in [-0.25, -0.2) is 9.59 Å². The molecule has 0 unspecified atom stereocenters. The van der Waals surface area contributed by atoms with Gasteiger partial charge in [0.2, 0.25) is 0 Å². The van der Waals surface area contributed by atoms with Crippen LogP contribution in [-0.4, -0.2) is 59.4 Å². The highest BCUT2D eigenvalue weighted by molar-refractivity contribution is 7.98. The minimum Gasteiger partial charge on any atom is -0.478 e. The molecule has 0 aromatic heterocycles. The number of benzene rings is 2. The number of carbonyl (C=O) groups is 3. The van der Waals surface area contributed by atoms with Crippen molar-refractivity contribution in [1.82, 2.24) is 4.90 Å². The molecule has 0 spiro atoms. The quantitative estimate of drug-likeness (QED) is 0.388. The fraction of sp³-hybridized carbons (Fsp3) is 0.444. The average molecular weight is 500 g/mol. The number of aryl methyl sites for hydroxylation is 2. The maximum absolute atomic E-state index is 13.6. The summed E-state index contributed by atoms with van der Waals surface area (Å²) in [5.74, 6) is -1.22. The summed E-state index contributed by atoms with van der Waals surface area (Å²) in [5.41, 5.74) is 1.69. The van der Waals surface area contributed by atoms with Crippen LogP contribution in [0.3, 0.4) is 0 Å². The molecule has 35 heavy (non-hydrogen) atoms.